The summed E-state index contributed by atoms with van der Waals surface area (Å²) in [5.74, 6) is -0.884. The molecule has 1 aliphatic heterocycles. The molecule has 1 fully saturated rings. The van der Waals surface area contributed by atoms with E-state index in [1.54, 1.807) is 24.1 Å². The summed E-state index contributed by atoms with van der Waals surface area (Å²) >= 11 is 0. The van der Waals surface area contributed by atoms with Gasteiger partial charge in [-0.2, -0.15) is 0 Å². The monoisotopic (exact) mass is 306 g/mol. The van der Waals surface area contributed by atoms with Gasteiger partial charge in [0.1, 0.15) is 11.4 Å². The van der Waals surface area contributed by atoms with Gasteiger partial charge in [-0.25, -0.2) is 9.78 Å². The minimum absolute atomic E-state index is 0.100. The third kappa shape index (κ3) is 4.27. The summed E-state index contributed by atoms with van der Waals surface area (Å²) in [6.45, 7) is 2.07. The maximum atomic E-state index is 12.6. The van der Waals surface area contributed by atoms with Gasteiger partial charge in [0, 0.05) is 26.8 Å². The van der Waals surface area contributed by atoms with Gasteiger partial charge in [-0.05, 0) is 37.3 Å². The highest BCUT2D eigenvalue weighted by Gasteiger charge is 2.24. The number of carbonyl (C=O) groups is 2. The van der Waals surface area contributed by atoms with Crippen molar-refractivity contribution in [2.45, 2.75) is 25.7 Å². The molecule has 0 radical (unpaired) electrons. The Morgan fingerprint density at radius 1 is 1.36 bits per heavy atom. The number of carboxylic acids is 1. The van der Waals surface area contributed by atoms with Gasteiger partial charge in [0.2, 0.25) is 0 Å². The van der Waals surface area contributed by atoms with Crippen LogP contribution in [0.5, 0.6) is 0 Å². The summed E-state index contributed by atoms with van der Waals surface area (Å²) in [7, 11) is 1.68. The molecule has 6 nitrogen and oxygen atoms in total. The second-order valence-electron chi connectivity index (χ2n) is 5.61. The van der Waals surface area contributed by atoms with Crippen molar-refractivity contribution in [3.8, 4) is 0 Å². The first kappa shape index (κ1) is 16.4. The van der Waals surface area contributed by atoms with E-state index in [0.717, 1.165) is 25.7 Å². The number of amides is 1. The minimum Gasteiger partial charge on any atom is -0.477 e. The molecule has 0 aliphatic carbocycles. The van der Waals surface area contributed by atoms with Gasteiger partial charge in [0.05, 0.1) is 0 Å². The lowest BCUT2D eigenvalue weighted by atomic mass is 10.00. The highest BCUT2D eigenvalue weighted by molar-refractivity contribution is 5.94. The van der Waals surface area contributed by atoms with Crippen LogP contribution in [0.3, 0.4) is 0 Å². The van der Waals surface area contributed by atoms with E-state index in [0.29, 0.717) is 25.6 Å². The minimum atomic E-state index is -1.12. The first-order valence-corrected chi connectivity index (χ1v) is 7.60. The van der Waals surface area contributed by atoms with Crippen molar-refractivity contribution in [1.29, 1.82) is 0 Å². The summed E-state index contributed by atoms with van der Waals surface area (Å²) in [6.07, 6.45) is 4.09. The number of hydrogen-bond acceptors (Lipinski definition) is 4. The Morgan fingerprint density at radius 2 is 2.14 bits per heavy atom. The molecule has 1 aliphatic rings. The maximum absolute atomic E-state index is 12.6. The molecule has 0 spiro atoms. The molecule has 1 aromatic rings. The quantitative estimate of drug-likeness (QED) is 0.900. The standard InChI is InChI=1S/C16H22N2O4/c1-22-10-8-12-5-2-3-9-18(11-12)15(19)13-6-4-7-14(17-13)16(20)21/h4,6-7,12H,2-3,5,8-11H2,1H3,(H,20,21). The van der Waals surface area contributed by atoms with Crippen molar-refractivity contribution in [1.82, 2.24) is 9.88 Å². The van der Waals surface area contributed by atoms with Crippen LogP contribution in [0.1, 0.15) is 46.7 Å². The summed E-state index contributed by atoms with van der Waals surface area (Å²) in [4.78, 5) is 29.3. The van der Waals surface area contributed by atoms with Gasteiger partial charge in [0.25, 0.3) is 5.91 Å². The van der Waals surface area contributed by atoms with Crippen LogP contribution in [-0.4, -0.2) is 53.7 Å². The molecule has 1 N–H and O–H groups in total. The Hall–Kier alpha value is -1.95. The zero-order valence-corrected chi connectivity index (χ0v) is 12.8. The van der Waals surface area contributed by atoms with Crippen LogP contribution in [-0.2, 0) is 4.74 Å². The number of ether oxygens (including phenoxy) is 1. The molecule has 1 saturated heterocycles. The summed E-state index contributed by atoms with van der Waals surface area (Å²) in [5.41, 5.74) is 0.101. The van der Waals surface area contributed by atoms with E-state index < -0.39 is 5.97 Å². The Labute approximate surface area is 130 Å². The molecule has 1 unspecified atom stereocenters. The lowest BCUT2D eigenvalue weighted by Gasteiger charge is -2.24. The van der Waals surface area contributed by atoms with Crippen LogP contribution in [0.2, 0.25) is 0 Å². The van der Waals surface area contributed by atoms with Crippen LogP contribution in [0.4, 0.5) is 0 Å². The van der Waals surface area contributed by atoms with Crippen LogP contribution in [0.25, 0.3) is 0 Å². The number of hydrogen-bond donors (Lipinski definition) is 1. The predicted octanol–water partition coefficient (Wildman–Crippen LogP) is 2.06. The Morgan fingerprint density at radius 3 is 2.86 bits per heavy atom. The Bertz CT molecular complexity index is 533. The molecule has 0 aromatic carbocycles. The van der Waals surface area contributed by atoms with Crippen molar-refractivity contribution in [2.75, 3.05) is 26.8 Å². The number of aromatic nitrogens is 1. The van der Waals surface area contributed by atoms with Gasteiger partial charge >= 0.3 is 5.97 Å². The molecule has 1 atom stereocenters. The van der Waals surface area contributed by atoms with Gasteiger partial charge < -0.3 is 14.7 Å². The van der Waals surface area contributed by atoms with Crippen LogP contribution >= 0.6 is 0 Å². The first-order valence-electron chi connectivity index (χ1n) is 7.60. The van der Waals surface area contributed by atoms with Gasteiger partial charge in [0.15, 0.2) is 0 Å². The largest absolute Gasteiger partial charge is 0.477 e. The van der Waals surface area contributed by atoms with Gasteiger partial charge in [-0.1, -0.05) is 12.5 Å². The van der Waals surface area contributed by atoms with Crippen molar-refractivity contribution in [2.24, 2.45) is 5.92 Å². The summed E-state index contributed by atoms with van der Waals surface area (Å²) in [6, 6.07) is 4.52. The molecule has 6 heteroatoms. The summed E-state index contributed by atoms with van der Waals surface area (Å²) < 4.78 is 5.13. The first-order chi connectivity index (χ1) is 10.6. The van der Waals surface area contributed by atoms with Crippen molar-refractivity contribution in [3.05, 3.63) is 29.6 Å². The van der Waals surface area contributed by atoms with Gasteiger partial charge in [-0.3, -0.25) is 4.79 Å². The van der Waals surface area contributed by atoms with E-state index in [2.05, 4.69) is 4.98 Å². The Kier molecular flexibility index (Phi) is 5.89. The van der Waals surface area contributed by atoms with Crippen molar-refractivity contribution in [3.63, 3.8) is 0 Å². The number of methoxy groups -OCH3 is 1. The second kappa shape index (κ2) is 7.89. The SMILES string of the molecule is COCCC1CCCCN(C(=O)c2cccc(C(=O)O)n2)C1. The fourth-order valence-electron chi connectivity index (χ4n) is 2.77. The normalized spacial score (nSPS) is 18.8. The van der Waals surface area contributed by atoms with E-state index in [9.17, 15) is 9.59 Å². The molecule has 22 heavy (non-hydrogen) atoms. The third-order valence-corrected chi connectivity index (χ3v) is 3.97. The fourth-order valence-corrected chi connectivity index (χ4v) is 2.77. The zero-order valence-electron chi connectivity index (χ0n) is 12.8. The van der Waals surface area contributed by atoms with E-state index >= 15 is 0 Å². The number of carbonyl (C=O) groups excluding carboxylic acids is 1. The van der Waals surface area contributed by atoms with Gasteiger partial charge in [-0.15, -0.1) is 0 Å². The van der Waals surface area contributed by atoms with E-state index in [1.165, 1.54) is 6.07 Å². The smallest absolute Gasteiger partial charge is 0.354 e. The molecular weight excluding hydrogens is 284 g/mol. The predicted molar refractivity (Wildman–Crippen MR) is 80.9 cm³/mol. The van der Waals surface area contributed by atoms with Crippen molar-refractivity contribution < 1.29 is 19.4 Å². The highest BCUT2D eigenvalue weighted by atomic mass is 16.5. The molecular formula is C16H22N2O4. The zero-order chi connectivity index (χ0) is 15.9. The molecule has 0 bridgehead atoms. The third-order valence-electron chi connectivity index (χ3n) is 3.97. The highest BCUT2D eigenvalue weighted by Crippen LogP contribution is 2.20. The van der Waals surface area contributed by atoms with Crippen LogP contribution in [0.15, 0.2) is 18.2 Å². The molecule has 0 saturated carbocycles. The number of carboxylic acid groups (broad SMARTS) is 1. The molecule has 1 aromatic heterocycles. The van der Waals surface area contributed by atoms with E-state index in [1.807, 2.05) is 0 Å². The molecule has 1 amide bonds. The number of likely N-dealkylation sites (tertiary alicyclic amines) is 1. The number of rotatable bonds is 5. The second-order valence-corrected chi connectivity index (χ2v) is 5.61. The van der Waals surface area contributed by atoms with E-state index in [-0.39, 0.29) is 17.3 Å². The maximum Gasteiger partial charge on any atom is 0.354 e. The van der Waals surface area contributed by atoms with Crippen LogP contribution < -0.4 is 0 Å². The fraction of sp³-hybridized carbons (Fsp3) is 0.562. The van der Waals surface area contributed by atoms with Crippen molar-refractivity contribution >= 4 is 11.9 Å². The summed E-state index contributed by atoms with van der Waals surface area (Å²) in [5, 5.41) is 8.98. The molecule has 2 rings (SSSR count). The lowest BCUT2D eigenvalue weighted by molar-refractivity contribution is 0.0689. The lowest BCUT2D eigenvalue weighted by Crippen LogP contribution is -2.35. The number of aromatic carboxylic acids is 1. The van der Waals surface area contributed by atoms with Crippen LogP contribution in [0, 0.1) is 5.92 Å². The topological polar surface area (TPSA) is 79.7 Å². The average molecular weight is 306 g/mol. The van der Waals surface area contributed by atoms with E-state index in [4.69, 9.17) is 9.84 Å². The molecule has 2 heterocycles. The average Bonchev–Trinajstić information content (AvgIpc) is 2.78. The Balaban J connectivity index is 2.09. The number of nitrogens with zero attached hydrogens (tertiary/aromatic N) is 2. The number of pyridine rings is 1. The molecule has 120 valence electrons.